The van der Waals surface area contributed by atoms with Crippen LogP contribution in [0.4, 0.5) is 0 Å². The molecule has 0 bridgehead atoms. The molecule has 1 aromatic heterocycles. The Morgan fingerprint density at radius 1 is 1.19 bits per heavy atom. The third kappa shape index (κ3) is 2.26. The second kappa shape index (κ2) is 4.69. The second-order valence-corrected chi connectivity index (χ2v) is 4.62. The van der Waals surface area contributed by atoms with Gasteiger partial charge in [0.2, 0.25) is 0 Å². The molecule has 0 aliphatic heterocycles. The van der Waals surface area contributed by atoms with Crippen LogP contribution in [0.15, 0.2) is 12.1 Å². The maximum atomic E-state index is 4.67. The number of nitrogens with one attached hydrogen (secondary N) is 1. The van der Waals surface area contributed by atoms with Gasteiger partial charge in [-0.2, -0.15) is 0 Å². The van der Waals surface area contributed by atoms with Crippen molar-refractivity contribution in [1.29, 1.82) is 0 Å². The van der Waals surface area contributed by atoms with E-state index in [1.165, 1.54) is 35.9 Å². The van der Waals surface area contributed by atoms with Crippen LogP contribution in [-0.4, -0.2) is 9.97 Å². The Bertz CT molecular complexity index is 483. The van der Waals surface area contributed by atoms with Crippen LogP contribution >= 0.6 is 0 Å². The van der Waals surface area contributed by atoms with E-state index in [2.05, 4.69) is 42.9 Å². The van der Waals surface area contributed by atoms with Crippen LogP contribution in [-0.2, 0) is 6.42 Å². The van der Waals surface area contributed by atoms with Crippen LogP contribution < -0.4 is 0 Å². The predicted octanol–water partition coefficient (Wildman–Crippen LogP) is 3.91. The van der Waals surface area contributed by atoms with E-state index in [1.54, 1.807) is 0 Å². The fraction of sp³-hybridized carbons (Fsp3) is 0.500. The first-order chi connectivity index (χ1) is 7.70. The molecule has 0 saturated heterocycles. The number of hydrogen-bond donors (Lipinski definition) is 1. The highest BCUT2D eigenvalue weighted by Crippen LogP contribution is 2.19. The minimum atomic E-state index is 1.07. The number of aromatic nitrogens is 2. The van der Waals surface area contributed by atoms with E-state index >= 15 is 0 Å². The molecular weight excluding hydrogens is 196 g/mol. The number of imidazole rings is 1. The Morgan fingerprint density at radius 3 is 2.75 bits per heavy atom. The highest BCUT2D eigenvalue weighted by Gasteiger charge is 2.05. The van der Waals surface area contributed by atoms with Gasteiger partial charge in [-0.1, -0.05) is 25.8 Å². The molecule has 16 heavy (non-hydrogen) atoms. The lowest BCUT2D eigenvalue weighted by Gasteiger charge is -1.96. The number of aryl methyl sites for hydroxylation is 3. The van der Waals surface area contributed by atoms with E-state index < -0.39 is 0 Å². The molecule has 86 valence electrons. The molecule has 1 heterocycles. The van der Waals surface area contributed by atoms with Crippen molar-refractivity contribution in [1.82, 2.24) is 9.97 Å². The van der Waals surface area contributed by atoms with Crippen LogP contribution in [0.1, 0.15) is 43.1 Å². The number of benzene rings is 1. The maximum Gasteiger partial charge on any atom is 0.107 e. The third-order valence-corrected chi connectivity index (χ3v) is 2.99. The van der Waals surface area contributed by atoms with Crippen LogP contribution in [0.2, 0.25) is 0 Å². The Hall–Kier alpha value is -1.31. The molecule has 2 nitrogen and oxygen atoms in total. The number of hydrogen-bond acceptors (Lipinski definition) is 1. The summed E-state index contributed by atoms with van der Waals surface area (Å²) in [5.41, 5.74) is 4.89. The molecular formula is C14H20N2. The average molecular weight is 216 g/mol. The van der Waals surface area contributed by atoms with Crippen molar-refractivity contribution in [3.05, 3.63) is 29.1 Å². The molecule has 1 N–H and O–H groups in total. The van der Waals surface area contributed by atoms with Crippen molar-refractivity contribution < 1.29 is 0 Å². The summed E-state index contributed by atoms with van der Waals surface area (Å²) in [6, 6.07) is 4.37. The largest absolute Gasteiger partial charge is 0.342 e. The van der Waals surface area contributed by atoms with Gasteiger partial charge in [-0.25, -0.2) is 4.98 Å². The topological polar surface area (TPSA) is 28.7 Å². The van der Waals surface area contributed by atoms with Crippen molar-refractivity contribution in [2.45, 2.75) is 46.5 Å². The van der Waals surface area contributed by atoms with Crippen molar-refractivity contribution in [3.63, 3.8) is 0 Å². The minimum Gasteiger partial charge on any atom is -0.342 e. The normalized spacial score (nSPS) is 11.2. The Morgan fingerprint density at radius 2 is 2.00 bits per heavy atom. The summed E-state index contributed by atoms with van der Waals surface area (Å²) >= 11 is 0. The number of fused-ring (bicyclic) bond motifs is 1. The molecule has 0 amide bonds. The predicted molar refractivity (Wildman–Crippen MR) is 68.8 cm³/mol. The monoisotopic (exact) mass is 216 g/mol. The Kier molecular flexibility index (Phi) is 3.28. The first kappa shape index (κ1) is 11.2. The van der Waals surface area contributed by atoms with Crippen molar-refractivity contribution >= 4 is 11.0 Å². The molecule has 0 aliphatic rings. The van der Waals surface area contributed by atoms with Crippen LogP contribution in [0.5, 0.6) is 0 Å². The van der Waals surface area contributed by atoms with Crippen LogP contribution in [0, 0.1) is 13.8 Å². The molecule has 2 heteroatoms. The van der Waals surface area contributed by atoms with E-state index in [0.29, 0.717) is 0 Å². The summed E-state index contributed by atoms with van der Waals surface area (Å²) in [7, 11) is 0. The fourth-order valence-electron chi connectivity index (χ4n) is 2.18. The van der Waals surface area contributed by atoms with Crippen LogP contribution in [0.3, 0.4) is 0 Å². The smallest absolute Gasteiger partial charge is 0.107 e. The quantitative estimate of drug-likeness (QED) is 0.771. The summed E-state index contributed by atoms with van der Waals surface area (Å²) < 4.78 is 0. The zero-order chi connectivity index (χ0) is 11.5. The lowest BCUT2D eigenvalue weighted by molar-refractivity contribution is 0.700. The summed E-state index contributed by atoms with van der Waals surface area (Å²) in [5.74, 6) is 1.14. The fourth-order valence-corrected chi connectivity index (χ4v) is 2.18. The second-order valence-electron chi connectivity index (χ2n) is 4.62. The van der Waals surface area contributed by atoms with Gasteiger partial charge >= 0.3 is 0 Å². The van der Waals surface area contributed by atoms with E-state index in [0.717, 1.165) is 17.8 Å². The van der Waals surface area contributed by atoms with E-state index in [1.807, 2.05) is 0 Å². The first-order valence-corrected chi connectivity index (χ1v) is 6.16. The van der Waals surface area contributed by atoms with Crippen molar-refractivity contribution in [3.8, 4) is 0 Å². The maximum absolute atomic E-state index is 4.67. The highest BCUT2D eigenvalue weighted by atomic mass is 14.9. The summed E-state index contributed by atoms with van der Waals surface area (Å²) in [6.45, 7) is 6.49. The highest BCUT2D eigenvalue weighted by molar-refractivity contribution is 5.79. The van der Waals surface area contributed by atoms with Crippen LogP contribution in [0.25, 0.3) is 11.0 Å². The lowest BCUT2D eigenvalue weighted by Crippen LogP contribution is -1.87. The number of nitrogens with zero attached hydrogens (tertiary/aromatic N) is 1. The van der Waals surface area contributed by atoms with Gasteiger partial charge in [-0.05, 0) is 37.5 Å². The molecule has 1 aromatic carbocycles. The Balaban J connectivity index is 2.26. The number of unbranched alkanes of at least 4 members (excludes halogenated alkanes) is 2. The SMILES string of the molecule is CCCCCc1nc2c(C)cc(C)cc2[nH]1. The van der Waals surface area contributed by atoms with E-state index in [4.69, 9.17) is 0 Å². The minimum absolute atomic E-state index is 1.07. The van der Waals surface area contributed by atoms with Crippen molar-refractivity contribution in [2.24, 2.45) is 0 Å². The number of H-pyrrole nitrogens is 1. The van der Waals surface area contributed by atoms with Gasteiger partial charge in [0.15, 0.2) is 0 Å². The van der Waals surface area contributed by atoms with Gasteiger partial charge in [0.05, 0.1) is 11.0 Å². The lowest BCUT2D eigenvalue weighted by atomic mass is 10.1. The molecule has 0 spiro atoms. The number of aromatic amines is 1. The average Bonchev–Trinajstić information content (AvgIpc) is 2.61. The van der Waals surface area contributed by atoms with Gasteiger partial charge in [0.25, 0.3) is 0 Å². The molecule has 2 aromatic rings. The van der Waals surface area contributed by atoms with Gasteiger partial charge < -0.3 is 4.98 Å². The van der Waals surface area contributed by atoms with Gasteiger partial charge in [0.1, 0.15) is 5.82 Å². The molecule has 0 saturated carbocycles. The van der Waals surface area contributed by atoms with E-state index in [9.17, 15) is 0 Å². The molecule has 0 fully saturated rings. The van der Waals surface area contributed by atoms with Gasteiger partial charge in [-0.3, -0.25) is 0 Å². The first-order valence-electron chi connectivity index (χ1n) is 6.16. The zero-order valence-corrected chi connectivity index (χ0v) is 10.4. The summed E-state index contributed by atoms with van der Waals surface area (Å²) in [4.78, 5) is 8.09. The molecule has 2 rings (SSSR count). The summed E-state index contributed by atoms with van der Waals surface area (Å²) in [5, 5.41) is 0. The molecule has 0 aliphatic carbocycles. The number of rotatable bonds is 4. The zero-order valence-electron chi connectivity index (χ0n) is 10.4. The van der Waals surface area contributed by atoms with Gasteiger partial charge in [0, 0.05) is 6.42 Å². The third-order valence-electron chi connectivity index (χ3n) is 2.99. The molecule has 0 atom stereocenters. The van der Waals surface area contributed by atoms with E-state index in [-0.39, 0.29) is 0 Å². The standard InChI is InChI=1S/C14H20N2/c1-4-5-6-7-13-15-12-9-10(2)8-11(3)14(12)16-13/h8-9H,4-7H2,1-3H3,(H,15,16). The summed E-state index contributed by atoms with van der Waals surface area (Å²) in [6.07, 6.45) is 4.85. The molecule has 0 unspecified atom stereocenters. The molecule has 0 radical (unpaired) electrons. The van der Waals surface area contributed by atoms with Gasteiger partial charge in [-0.15, -0.1) is 0 Å². The Labute approximate surface area is 97.1 Å². The van der Waals surface area contributed by atoms with Crippen molar-refractivity contribution in [2.75, 3.05) is 0 Å².